The smallest absolute Gasteiger partial charge is 0.416 e. The first-order chi connectivity index (χ1) is 8.89. The van der Waals surface area contributed by atoms with E-state index < -0.39 is 17.2 Å². The summed E-state index contributed by atoms with van der Waals surface area (Å²) in [6.45, 7) is 0.209. The summed E-state index contributed by atoms with van der Waals surface area (Å²) < 4.78 is 39.4. The van der Waals surface area contributed by atoms with E-state index in [4.69, 9.17) is 5.73 Å². The van der Waals surface area contributed by atoms with Crippen molar-refractivity contribution in [2.24, 2.45) is 5.73 Å². The molecule has 3 N–H and O–H groups in total. The number of alkyl halides is 3. The summed E-state index contributed by atoms with van der Waals surface area (Å²) in [7, 11) is 0. The van der Waals surface area contributed by atoms with Crippen molar-refractivity contribution in [2.75, 3.05) is 6.54 Å². The predicted molar refractivity (Wildman–Crippen MR) is 66.9 cm³/mol. The Labute approximate surface area is 110 Å². The van der Waals surface area contributed by atoms with E-state index in [9.17, 15) is 18.3 Å². The van der Waals surface area contributed by atoms with E-state index in [1.165, 1.54) is 12.1 Å². The van der Waals surface area contributed by atoms with Crippen LogP contribution in [0.25, 0.3) is 0 Å². The maximum atomic E-state index is 13.1. The number of aromatic hydroxyl groups is 1. The quantitative estimate of drug-likeness (QED) is 0.865. The monoisotopic (exact) mass is 273 g/mol. The van der Waals surface area contributed by atoms with Gasteiger partial charge in [0.2, 0.25) is 0 Å². The van der Waals surface area contributed by atoms with Crippen molar-refractivity contribution in [2.45, 2.75) is 43.7 Å². The lowest BCUT2D eigenvalue weighted by atomic mass is 9.68. The fraction of sp³-hybridized carbons (Fsp3) is 0.571. The standard InChI is InChI=1S/C14H18F3NO/c15-14(16,17)12-8-10(19)4-5-11(12)13(9-18)6-2-1-3-7-13/h4-5,8,19H,1-3,6-7,9,18H2. The van der Waals surface area contributed by atoms with E-state index in [-0.39, 0.29) is 17.9 Å². The number of phenolic OH excluding ortho intramolecular Hbond substituents is 1. The van der Waals surface area contributed by atoms with Crippen LogP contribution < -0.4 is 5.73 Å². The number of hydrogen-bond donors (Lipinski definition) is 2. The Morgan fingerprint density at radius 1 is 1.16 bits per heavy atom. The molecule has 1 fully saturated rings. The minimum Gasteiger partial charge on any atom is -0.508 e. The van der Waals surface area contributed by atoms with E-state index >= 15 is 0 Å². The lowest BCUT2D eigenvalue weighted by Crippen LogP contribution is -2.38. The van der Waals surface area contributed by atoms with Gasteiger partial charge in [0.15, 0.2) is 0 Å². The second-order valence-corrected chi connectivity index (χ2v) is 5.27. The van der Waals surface area contributed by atoms with Crippen LogP contribution in [0.15, 0.2) is 18.2 Å². The van der Waals surface area contributed by atoms with Crippen LogP contribution in [0.1, 0.15) is 43.2 Å². The molecule has 106 valence electrons. The number of halogens is 3. The van der Waals surface area contributed by atoms with Gasteiger partial charge in [0.25, 0.3) is 0 Å². The molecule has 0 spiro atoms. The molecule has 1 aromatic carbocycles. The van der Waals surface area contributed by atoms with Crippen molar-refractivity contribution < 1.29 is 18.3 Å². The number of benzene rings is 1. The molecule has 2 rings (SSSR count). The van der Waals surface area contributed by atoms with Crippen molar-refractivity contribution in [1.29, 1.82) is 0 Å². The van der Waals surface area contributed by atoms with Crippen LogP contribution in [0.5, 0.6) is 5.75 Å². The highest BCUT2D eigenvalue weighted by molar-refractivity contribution is 5.42. The molecule has 0 bridgehead atoms. The summed E-state index contributed by atoms with van der Waals surface area (Å²) >= 11 is 0. The van der Waals surface area contributed by atoms with Crippen LogP contribution in [0, 0.1) is 0 Å². The van der Waals surface area contributed by atoms with Gasteiger partial charge in [-0.1, -0.05) is 25.3 Å². The summed E-state index contributed by atoms with van der Waals surface area (Å²) in [6.07, 6.45) is -0.270. The van der Waals surface area contributed by atoms with Crippen LogP contribution >= 0.6 is 0 Å². The van der Waals surface area contributed by atoms with Gasteiger partial charge in [-0.05, 0) is 30.5 Å². The number of nitrogens with two attached hydrogens (primary N) is 1. The third-order valence-electron chi connectivity index (χ3n) is 4.08. The Morgan fingerprint density at radius 3 is 2.32 bits per heavy atom. The van der Waals surface area contributed by atoms with E-state index in [1.54, 1.807) is 0 Å². The Bertz CT molecular complexity index is 450. The molecule has 1 aliphatic carbocycles. The van der Waals surface area contributed by atoms with E-state index in [0.29, 0.717) is 12.8 Å². The maximum Gasteiger partial charge on any atom is 0.416 e. The summed E-state index contributed by atoms with van der Waals surface area (Å²) in [4.78, 5) is 0. The third kappa shape index (κ3) is 2.71. The highest BCUT2D eigenvalue weighted by Crippen LogP contribution is 2.45. The van der Waals surface area contributed by atoms with Crippen molar-refractivity contribution in [1.82, 2.24) is 0 Å². The molecule has 0 unspecified atom stereocenters. The highest BCUT2D eigenvalue weighted by atomic mass is 19.4. The molecule has 0 radical (unpaired) electrons. The number of hydrogen-bond acceptors (Lipinski definition) is 2. The van der Waals surface area contributed by atoms with Crippen LogP contribution in [0.2, 0.25) is 0 Å². The Kier molecular flexibility index (Phi) is 3.76. The molecule has 5 heteroatoms. The zero-order valence-electron chi connectivity index (χ0n) is 10.6. The van der Waals surface area contributed by atoms with Gasteiger partial charge in [-0.3, -0.25) is 0 Å². The fourth-order valence-corrected chi connectivity index (χ4v) is 3.04. The van der Waals surface area contributed by atoms with Gasteiger partial charge < -0.3 is 10.8 Å². The van der Waals surface area contributed by atoms with Crippen LogP contribution in [0.3, 0.4) is 0 Å². The minimum absolute atomic E-state index is 0.209. The van der Waals surface area contributed by atoms with Crippen molar-refractivity contribution in [3.63, 3.8) is 0 Å². The molecule has 0 atom stereocenters. The first kappa shape index (κ1) is 14.2. The van der Waals surface area contributed by atoms with Gasteiger partial charge in [0.1, 0.15) is 5.75 Å². The molecule has 0 aliphatic heterocycles. The van der Waals surface area contributed by atoms with Gasteiger partial charge in [-0.2, -0.15) is 13.2 Å². The van der Waals surface area contributed by atoms with Gasteiger partial charge in [0.05, 0.1) is 5.56 Å². The Balaban J connectivity index is 2.54. The van der Waals surface area contributed by atoms with Crippen LogP contribution in [-0.4, -0.2) is 11.7 Å². The zero-order valence-corrected chi connectivity index (χ0v) is 10.6. The fourth-order valence-electron chi connectivity index (χ4n) is 3.04. The van der Waals surface area contributed by atoms with Gasteiger partial charge >= 0.3 is 6.18 Å². The molecule has 1 saturated carbocycles. The molecule has 0 amide bonds. The van der Waals surface area contributed by atoms with Gasteiger partial charge in [0, 0.05) is 12.0 Å². The Morgan fingerprint density at radius 2 is 1.79 bits per heavy atom. The first-order valence-electron chi connectivity index (χ1n) is 6.50. The second-order valence-electron chi connectivity index (χ2n) is 5.27. The predicted octanol–water partition coefficient (Wildman–Crippen LogP) is 3.57. The SMILES string of the molecule is NCC1(c2ccc(O)cc2C(F)(F)F)CCCCC1. The molecule has 2 nitrogen and oxygen atoms in total. The summed E-state index contributed by atoms with van der Waals surface area (Å²) in [5.74, 6) is -0.362. The van der Waals surface area contributed by atoms with Crippen LogP contribution in [-0.2, 0) is 11.6 Å². The molecule has 1 aliphatic rings. The molecule has 0 heterocycles. The van der Waals surface area contributed by atoms with E-state index in [2.05, 4.69) is 0 Å². The molecular formula is C14H18F3NO. The lowest BCUT2D eigenvalue weighted by Gasteiger charge is -2.38. The summed E-state index contributed by atoms with van der Waals surface area (Å²) in [5, 5.41) is 9.32. The topological polar surface area (TPSA) is 46.2 Å². The van der Waals surface area contributed by atoms with Gasteiger partial charge in [-0.25, -0.2) is 0 Å². The summed E-state index contributed by atoms with van der Waals surface area (Å²) in [5.41, 5.74) is 4.68. The molecular weight excluding hydrogens is 255 g/mol. The third-order valence-corrected chi connectivity index (χ3v) is 4.08. The maximum absolute atomic E-state index is 13.1. The lowest BCUT2D eigenvalue weighted by molar-refractivity contribution is -0.139. The van der Waals surface area contributed by atoms with Crippen LogP contribution in [0.4, 0.5) is 13.2 Å². The zero-order chi connectivity index (χ0) is 14.1. The van der Waals surface area contributed by atoms with Crippen molar-refractivity contribution in [3.05, 3.63) is 29.3 Å². The van der Waals surface area contributed by atoms with E-state index in [1.807, 2.05) is 0 Å². The minimum atomic E-state index is -4.46. The number of rotatable bonds is 2. The average Bonchev–Trinajstić information content (AvgIpc) is 2.38. The van der Waals surface area contributed by atoms with Crippen molar-refractivity contribution in [3.8, 4) is 5.75 Å². The first-order valence-corrected chi connectivity index (χ1v) is 6.50. The molecule has 0 saturated heterocycles. The summed E-state index contributed by atoms with van der Waals surface area (Å²) in [6, 6.07) is 3.51. The molecule has 1 aromatic rings. The van der Waals surface area contributed by atoms with E-state index in [0.717, 1.165) is 25.3 Å². The normalized spacial score (nSPS) is 19.4. The largest absolute Gasteiger partial charge is 0.508 e. The average molecular weight is 273 g/mol. The van der Waals surface area contributed by atoms with Gasteiger partial charge in [-0.15, -0.1) is 0 Å². The van der Waals surface area contributed by atoms with Crippen molar-refractivity contribution >= 4 is 0 Å². The number of phenols is 1. The second kappa shape index (κ2) is 5.04. The molecule has 0 aromatic heterocycles. The Hall–Kier alpha value is -1.23. The highest BCUT2D eigenvalue weighted by Gasteiger charge is 2.41. The molecule has 19 heavy (non-hydrogen) atoms.